The number of aldehydes is 1. The molecule has 1 rings (SSSR count). The second-order valence-electron chi connectivity index (χ2n) is 2.20. The summed E-state index contributed by atoms with van der Waals surface area (Å²) in [5.41, 5.74) is 7.66. The summed E-state index contributed by atoms with van der Waals surface area (Å²) in [6, 6.07) is 5.40. The predicted octanol–water partition coefficient (Wildman–Crippen LogP) is -0.660. The standard InChI is InChI=1S/C7H8BNO/c8-6-3-1-2-5(4-10)7(6)9/h1-4H,8-9H2. The van der Waals surface area contributed by atoms with Gasteiger partial charge in [0.15, 0.2) is 6.29 Å². The summed E-state index contributed by atoms with van der Waals surface area (Å²) in [5.74, 6) is 0. The van der Waals surface area contributed by atoms with E-state index in [0.29, 0.717) is 11.3 Å². The van der Waals surface area contributed by atoms with Gasteiger partial charge in [0, 0.05) is 11.3 Å². The average molecular weight is 133 g/mol. The smallest absolute Gasteiger partial charge is 0.152 e. The molecule has 1 aromatic carbocycles. The summed E-state index contributed by atoms with van der Waals surface area (Å²) in [5, 5.41) is 0. The molecule has 0 atom stereocenters. The Hall–Kier alpha value is -1.25. The molecule has 2 nitrogen and oxygen atoms in total. The minimum Gasteiger partial charge on any atom is -0.399 e. The Labute approximate surface area is 60.4 Å². The predicted molar refractivity (Wildman–Crippen MR) is 44.4 cm³/mol. The third kappa shape index (κ3) is 1.03. The number of carbonyl (C=O) groups is 1. The molecular formula is C7H8BNO. The van der Waals surface area contributed by atoms with Crippen LogP contribution in [0.5, 0.6) is 0 Å². The molecule has 0 heterocycles. The minimum atomic E-state index is 0.569. The second kappa shape index (κ2) is 2.56. The lowest BCUT2D eigenvalue weighted by Crippen LogP contribution is -2.11. The van der Waals surface area contributed by atoms with Crippen molar-refractivity contribution >= 4 is 25.3 Å². The van der Waals surface area contributed by atoms with E-state index in [1.165, 1.54) is 0 Å². The van der Waals surface area contributed by atoms with Crippen molar-refractivity contribution in [1.82, 2.24) is 0 Å². The van der Waals surface area contributed by atoms with Crippen LogP contribution in [0.2, 0.25) is 0 Å². The zero-order valence-corrected chi connectivity index (χ0v) is 5.79. The lowest BCUT2D eigenvalue weighted by molar-refractivity contribution is 0.112. The van der Waals surface area contributed by atoms with E-state index in [1.807, 2.05) is 20.0 Å². The van der Waals surface area contributed by atoms with Gasteiger partial charge in [0.2, 0.25) is 0 Å². The van der Waals surface area contributed by atoms with Crippen molar-refractivity contribution in [2.45, 2.75) is 0 Å². The highest BCUT2D eigenvalue weighted by Gasteiger charge is 1.97. The van der Waals surface area contributed by atoms with Crippen LogP contribution in [0.3, 0.4) is 0 Å². The van der Waals surface area contributed by atoms with E-state index in [1.54, 1.807) is 6.07 Å². The fraction of sp³-hybridized carbons (Fsp3) is 0. The van der Waals surface area contributed by atoms with E-state index >= 15 is 0 Å². The Bertz CT molecular complexity index is 260. The van der Waals surface area contributed by atoms with Crippen molar-refractivity contribution in [3.8, 4) is 0 Å². The molecule has 0 saturated carbocycles. The number of carbonyl (C=O) groups excluding carboxylic acids is 1. The van der Waals surface area contributed by atoms with Crippen molar-refractivity contribution in [3.05, 3.63) is 23.8 Å². The number of anilines is 1. The van der Waals surface area contributed by atoms with Gasteiger partial charge in [0.25, 0.3) is 0 Å². The molecule has 0 aliphatic heterocycles. The van der Waals surface area contributed by atoms with E-state index in [9.17, 15) is 4.79 Å². The van der Waals surface area contributed by atoms with Crippen molar-refractivity contribution in [2.24, 2.45) is 0 Å². The van der Waals surface area contributed by atoms with Gasteiger partial charge in [-0.25, -0.2) is 0 Å². The molecular weight excluding hydrogens is 125 g/mol. The Morgan fingerprint density at radius 3 is 2.70 bits per heavy atom. The van der Waals surface area contributed by atoms with E-state index in [0.717, 1.165) is 11.7 Å². The van der Waals surface area contributed by atoms with Crippen LogP contribution in [0.25, 0.3) is 0 Å². The lowest BCUT2D eigenvalue weighted by atomic mass is 9.92. The van der Waals surface area contributed by atoms with Crippen LogP contribution in [-0.2, 0) is 0 Å². The molecule has 0 saturated heterocycles. The average Bonchev–Trinajstić information content (AvgIpc) is 1.95. The van der Waals surface area contributed by atoms with Crippen LogP contribution >= 0.6 is 0 Å². The highest BCUT2D eigenvalue weighted by atomic mass is 16.1. The Balaban J connectivity index is 3.27. The molecule has 1 aromatic rings. The molecule has 0 aliphatic carbocycles. The fourth-order valence-corrected chi connectivity index (χ4v) is 0.806. The van der Waals surface area contributed by atoms with Crippen molar-refractivity contribution < 1.29 is 4.79 Å². The van der Waals surface area contributed by atoms with E-state index < -0.39 is 0 Å². The van der Waals surface area contributed by atoms with Gasteiger partial charge in [0.05, 0.1) is 0 Å². The maximum atomic E-state index is 10.3. The number of nitrogens with two attached hydrogens (primary N) is 1. The van der Waals surface area contributed by atoms with Gasteiger partial charge in [-0.05, 0) is 6.07 Å². The minimum absolute atomic E-state index is 0.569. The molecule has 0 aromatic heterocycles. The first kappa shape index (κ1) is 6.87. The molecule has 3 heteroatoms. The van der Waals surface area contributed by atoms with Crippen LogP contribution in [0.4, 0.5) is 5.69 Å². The first-order valence-corrected chi connectivity index (χ1v) is 3.06. The van der Waals surface area contributed by atoms with Gasteiger partial charge < -0.3 is 5.73 Å². The van der Waals surface area contributed by atoms with Gasteiger partial charge in [-0.3, -0.25) is 4.79 Å². The zero-order valence-electron chi connectivity index (χ0n) is 5.79. The summed E-state index contributed by atoms with van der Waals surface area (Å²) in [6.45, 7) is 0. The summed E-state index contributed by atoms with van der Waals surface area (Å²) >= 11 is 0. The zero-order chi connectivity index (χ0) is 7.56. The molecule has 0 spiro atoms. The Kier molecular flexibility index (Phi) is 1.76. The van der Waals surface area contributed by atoms with Crippen LogP contribution < -0.4 is 11.2 Å². The third-order valence-electron chi connectivity index (χ3n) is 1.48. The second-order valence-corrected chi connectivity index (χ2v) is 2.20. The van der Waals surface area contributed by atoms with Gasteiger partial charge in [-0.1, -0.05) is 17.6 Å². The highest BCUT2D eigenvalue weighted by Crippen LogP contribution is 2.02. The fourth-order valence-electron chi connectivity index (χ4n) is 0.806. The molecule has 0 radical (unpaired) electrons. The van der Waals surface area contributed by atoms with Gasteiger partial charge in [-0.15, -0.1) is 0 Å². The third-order valence-corrected chi connectivity index (χ3v) is 1.48. The van der Waals surface area contributed by atoms with Crippen LogP contribution in [0.1, 0.15) is 10.4 Å². The van der Waals surface area contributed by atoms with Crippen molar-refractivity contribution in [3.63, 3.8) is 0 Å². The van der Waals surface area contributed by atoms with Crippen molar-refractivity contribution in [1.29, 1.82) is 0 Å². The first-order chi connectivity index (χ1) is 4.75. The molecule has 0 fully saturated rings. The molecule has 0 bridgehead atoms. The van der Waals surface area contributed by atoms with Crippen LogP contribution in [-0.4, -0.2) is 14.1 Å². The van der Waals surface area contributed by atoms with Crippen molar-refractivity contribution in [2.75, 3.05) is 5.73 Å². The number of nitrogen functional groups attached to an aromatic ring is 1. The molecule has 10 heavy (non-hydrogen) atoms. The summed E-state index contributed by atoms with van der Waals surface area (Å²) in [6.07, 6.45) is 0.766. The SMILES string of the molecule is Bc1cccc(C=O)c1N. The Morgan fingerprint density at radius 2 is 2.20 bits per heavy atom. The topological polar surface area (TPSA) is 43.1 Å². The van der Waals surface area contributed by atoms with Gasteiger partial charge >= 0.3 is 0 Å². The first-order valence-electron chi connectivity index (χ1n) is 3.06. The van der Waals surface area contributed by atoms with Crippen LogP contribution in [0, 0.1) is 0 Å². The quantitative estimate of drug-likeness (QED) is 0.314. The number of hydrogen-bond donors (Lipinski definition) is 1. The molecule has 0 amide bonds. The summed E-state index contributed by atoms with van der Waals surface area (Å²) in [7, 11) is 1.88. The van der Waals surface area contributed by atoms with E-state index in [-0.39, 0.29) is 0 Å². The lowest BCUT2D eigenvalue weighted by Gasteiger charge is -2.00. The van der Waals surface area contributed by atoms with Crippen LogP contribution in [0.15, 0.2) is 18.2 Å². The highest BCUT2D eigenvalue weighted by molar-refractivity contribution is 6.36. The maximum absolute atomic E-state index is 10.3. The summed E-state index contributed by atoms with van der Waals surface area (Å²) < 4.78 is 0. The normalized spacial score (nSPS) is 9.20. The van der Waals surface area contributed by atoms with Gasteiger partial charge in [0.1, 0.15) is 7.85 Å². The number of para-hydroxylation sites is 1. The largest absolute Gasteiger partial charge is 0.399 e. The number of hydrogen-bond acceptors (Lipinski definition) is 2. The molecule has 0 unspecified atom stereocenters. The van der Waals surface area contributed by atoms with Gasteiger partial charge in [-0.2, -0.15) is 0 Å². The molecule has 0 aliphatic rings. The Morgan fingerprint density at radius 1 is 1.50 bits per heavy atom. The monoisotopic (exact) mass is 133 g/mol. The van der Waals surface area contributed by atoms with E-state index in [2.05, 4.69) is 0 Å². The number of rotatable bonds is 1. The maximum Gasteiger partial charge on any atom is 0.152 e. The number of benzene rings is 1. The summed E-state index contributed by atoms with van der Waals surface area (Å²) in [4.78, 5) is 10.3. The molecule has 50 valence electrons. The molecule has 2 N–H and O–H groups in total. The van der Waals surface area contributed by atoms with E-state index in [4.69, 9.17) is 5.73 Å².